The van der Waals surface area contributed by atoms with Crippen LogP contribution in [0.15, 0.2) is 32.2 Å². The fraction of sp³-hybridized carbons (Fsp3) is 0.286. The largest absolute Gasteiger partial charge is 0.469 e. The molecule has 1 aromatic rings. The summed E-state index contributed by atoms with van der Waals surface area (Å²) in [5, 5.41) is 5.98. The van der Waals surface area contributed by atoms with Gasteiger partial charge in [0.1, 0.15) is 0 Å². The standard InChI is InChI=1S/C14H14N2O6/c1-7-10(13(18)21-15-7)5-4-9(6-11(17)20-3)12-8(2)16-22-14(12)19/h4-5,16H,6H2,1-3H3/b9-4-,10-5+. The van der Waals surface area contributed by atoms with Gasteiger partial charge < -0.3 is 14.1 Å². The molecule has 0 aromatic carbocycles. The zero-order valence-corrected chi connectivity index (χ0v) is 12.3. The van der Waals surface area contributed by atoms with Crippen molar-refractivity contribution in [2.45, 2.75) is 20.3 Å². The number of methoxy groups -OCH3 is 1. The van der Waals surface area contributed by atoms with Gasteiger partial charge >= 0.3 is 17.6 Å². The van der Waals surface area contributed by atoms with Crippen molar-refractivity contribution in [3.05, 3.63) is 39.4 Å². The van der Waals surface area contributed by atoms with E-state index in [0.29, 0.717) is 17.0 Å². The predicted octanol–water partition coefficient (Wildman–Crippen LogP) is 1.08. The highest BCUT2D eigenvalue weighted by Gasteiger charge is 2.22. The van der Waals surface area contributed by atoms with Crippen molar-refractivity contribution in [3.63, 3.8) is 0 Å². The van der Waals surface area contributed by atoms with E-state index in [4.69, 9.17) is 4.52 Å². The summed E-state index contributed by atoms with van der Waals surface area (Å²) in [5.74, 6) is -1.12. The molecule has 0 unspecified atom stereocenters. The van der Waals surface area contributed by atoms with Crippen molar-refractivity contribution < 1.29 is 23.7 Å². The third-order valence-electron chi connectivity index (χ3n) is 3.09. The number of carbonyl (C=O) groups is 2. The molecule has 0 saturated carbocycles. The Balaban J connectivity index is 2.45. The molecule has 0 saturated heterocycles. The number of oxime groups is 1. The number of aryl methyl sites for hydroxylation is 1. The Kier molecular flexibility index (Phi) is 4.40. The molecule has 1 N–H and O–H groups in total. The Morgan fingerprint density at radius 2 is 2.09 bits per heavy atom. The summed E-state index contributed by atoms with van der Waals surface area (Å²) in [7, 11) is 1.25. The maximum atomic E-state index is 11.7. The molecule has 22 heavy (non-hydrogen) atoms. The van der Waals surface area contributed by atoms with Gasteiger partial charge in [-0.3, -0.25) is 4.79 Å². The van der Waals surface area contributed by atoms with E-state index < -0.39 is 17.6 Å². The molecule has 0 spiro atoms. The fourth-order valence-corrected chi connectivity index (χ4v) is 1.94. The molecular weight excluding hydrogens is 292 g/mol. The second-order valence-electron chi connectivity index (χ2n) is 4.57. The SMILES string of the molecule is COC(=O)C/C(=C/C=C1/C(=O)ON=C1C)c1c(C)[nH]oc1=O. The molecule has 8 nitrogen and oxygen atoms in total. The quantitative estimate of drug-likeness (QED) is 0.506. The number of aromatic nitrogens is 1. The van der Waals surface area contributed by atoms with Crippen LogP contribution in [-0.2, 0) is 19.2 Å². The average molecular weight is 306 g/mol. The monoisotopic (exact) mass is 306 g/mol. The van der Waals surface area contributed by atoms with Crippen LogP contribution in [0.4, 0.5) is 0 Å². The van der Waals surface area contributed by atoms with Gasteiger partial charge in [0.15, 0.2) is 0 Å². The highest BCUT2D eigenvalue weighted by molar-refractivity contribution is 6.21. The van der Waals surface area contributed by atoms with Crippen LogP contribution in [0.5, 0.6) is 0 Å². The Morgan fingerprint density at radius 1 is 1.36 bits per heavy atom. The first kappa shape index (κ1) is 15.5. The molecule has 0 radical (unpaired) electrons. The van der Waals surface area contributed by atoms with Crippen LogP contribution >= 0.6 is 0 Å². The molecule has 2 heterocycles. The number of aromatic amines is 1. The first-order valence-corrected chi connectivity index (χ1v) is 6.36. The number of hydrogen-bond donors (Lipinski definition) is 1. The third kappa shape index (κ3) is 3.05. The third-order valence-corrected chi connectivity index (χ3v) is 3.09. The number of rotatable bonds is 4. The van der Waals surface area contributed by atoms with E-state index in [1.165, 1.54) is 19.3 Å². The molecule has 0 bridgehead atoms. The lowest BCUT2D eigenvalue weighted by molar-refractivity contribution is -0.139. The van der Waals surface area contributed by atoms with Crippen LogP contribution in [0.3, 0.4) is 0 Å². The van der Waals surface area contributed by atoms with Crippen molar-refractivity contribution in [3.8, 4) is 0 Å². The molecule has 8 heteroatoms. The van der Waals surface area contributed by atoms with E-state index in [0.717, 1.165) is 0 Å². The normalized spacial score (nSPS) is 16.7. The number of nitrogens with zero attached hydrogens (tertiary/aromatic N) is 1. The minimum Gasteiger partial charge on any atom is -0.469 e. The number of allylic oxidation sites excluding steroid dienone is 2. The summed E-state index contributed by atoms with van der Waals surface area (Å²) in [6.45, 7) is 3.25. The Labute approximate surface area is 125 Å². The van der Waals surface area contributed by atoms with Crippen LogP contribution in [0, 0.1) is 6.92 Å². The van der Waals surface area contributed by atoms with E-state index in [9.17, 15) is 14.4 Å². The first-order valence-electron chi connectivity index (χ1n) is 6.36. The molecular formula is C14H14N2O6. The molecule has 0 amide bonds. The number of hydrogen-bond acceptors (Lipinski definition) is 7. The zero-order chi connectivity index (χ0) is 16.3. The Morgan fingerprint density at radius 3 is 2.59 bits per heavy atom. The summed E-state index contributed by atoms with van der Waals surface area (Å²) in [6, 6.07) is 0. The van der Waals surface area contributed by atoms with Crippen LogP contribution in [0.2, 0.25) is 0 Å². The van der Waals surface area contributed by atoms with Gasteiger partial charge in [-0.25, -0.2) is 14.7 Å². The molecule has 1 aromatic heterocycles. The number of nitrogens with one attached hydrogen (secondary N) is 1. The average Bonchev–Trinajstić information content (AvgIpc) is 2.98. The van der Waals surface area contributed by atoms with Gasteiger partial charge in [0, 0.05) is 0 Å². The topological polar surface area (TPSA) is 111 Å². The van der Waals surface area contributed by atoms with Crippen molar-refractivity contribution >= 4 is 23.2 Å². The lowest BCUT2D eigenvalue weighted by Crippen LogP contribution is -2.08. The highest BCUT2D eigenvalue weighted by Crippen LogP contribution is 2.20. The van der Waals surface area contributed by atoms with E-state index in [1.54, 1.807) is 13.8 Å². The number of H-pyrrole nitrogens is 1. The summed E-state index contributed by atoms with van der Waals surface area (Å²) in [4.78, 5) is 39.3. The van der Waals surface area contributed by atoms with Crippen LogP contribution in [-0.4, -0.2) is 29.9 Å². The smallest absolute Gasteiger partial charge is 0.367 e. The first-order chi connectivity index (χ1) is 10.4. The van der Waals surface area contributed by atoms with Gasteiger partial charge in [-0.15, -0.1) is 0 Å². The summed E-state index contributed by atoms with van der Waals surface area (Å²) >= 11 is 0. The van der Waals surface area contributed by atoms with E-state index in [2.05, 4.69) is 19.9 Å². The van der Waals surface area contributed by atoms with Crippen LogP contribution < -0.4 is 5.63 Å². The molecule has 0 aliphatic carbocycles. The maximum Gasteiger partial charge on any atom is 0.367 e. The molecule has 0 atom stereocenters. The summed E-state index contributed by atoms with van der Waals surface area (Å²) in [5.41, 5.74) is 1.11. The van der Waals surface area contributed by atoms with Crippen molar-refractivity contribution in [2.24, 2.45) is 5.16 Å². The second-order valence-corrected chi connectivity index (χ2v) is 4.57. The Hall–Kier alpha value is -2.90. The van der Waals surface area contributed by atoms with Crippen molar-refractivity contribution in [2.75, 3.05) is 7.11 Å². The highest BCUT2D eigenvalue weighted by atomic mass is 16.7. The number of carbonyl (C=O) groups excluding carboxylic acids is 2. The maximum absolute atomic E-state index is 11.7. The van der Waals surface area contributed by atoms with Crippen LogP contribution in [0.25, 0.3) is 5.57 Å². The van der Waals surface area contributed by atoms with Gasteiger partial charge in [0.25, 0.3) is 0 Å². The predicted molar refractivity (Wildman–Crippen MR) is 76.0 cm³/mol. The Bertz CT molecular complexity index is 763. The van der Waals surface area contributed by atoms with Gasteiger partial charge in [0.2, 0.25) is 0 Å². The molecule has 1 aliphatic rings. The van der Waals surface area contributed by atoms with Gasteiger partial charge in [-0.1, -0.05) is 11.2 Å². The van der Waals surface area contributed by atoms with Gasteiger partial charge in [-0.2, -0.15) is 0 Å². The van der Waals surface area contributed by atoms with Gasteiger partial charge in [-0.05, 0) is 25.5 Å². The molecule has 1 aliphatic heterocycles. The number of ether oxygens (including phenoxy) is 1. The fourth-order valence-electron chi connectivity index (χ4n) is 1.94. The molecule has 116 valence electrons. The van der Waals surface area contributed by atoms with E-state index >= 15 is 0 Å². The summed E-state index contributed by atoms with van der Waals surface area (Å²) < 4.78 is 9.31. The van der Waals surface area contributed by atoms with Crippen molar-refractivity contribution in [1.82, 2.24) is 5.16 Å². The zero-order valence-electron chi connectivity index (χ0n) is 12.3. The van der Waals surface area contributed by atoms with Gasteiger partial charge in [0.05, 0.1) is 36.1 Å². The molecule has 0 fully saturated rings. The van der Waals surface area contributed by atoms with E-state index in [1.807, 2.05) is 0 Å². The minimum atomic E-state index is -0.606. The summed E-state index contributed by atoms with van der Waals surface area (Å²) in [6.07, 6.45) is 2.78. The van der Waals surface area contributed by atoms with Crippen LogP contribution in [0.1, 0.15) is 24.6 Å². The van der Waals surface area contributed by atoms with E-state index in [-0.39, 0.29) is 17.6 Å². The lowest BCUT2D eigenvalue weighted by Gasteiger charge is -2.03. The lowest BCUT2D eigenvalue weighted by atomic mass is 10.0. The molecule has 2 rings (SSSR count). The minimum absolute atomic E-state index is 0.144. The van der Waals surface area contributed by atoms with Crippen molar-refractivity contribution in [1.29, 1.82) is 0 Å². The number of esters is 1. The second kappa shape index (κ2) is 6.25.